The minimum atomic E-state index is 0.0423. The Morgan fingerprint density at radius 2 is 1.83 bits per heavy atom. The van der Waals surface area contributed by atoms with Gasteiger partial charge < -0.3 is 19.4 Å². The lowest BCUT2D eigenvalue weighted by Gasteiger charge is -2.32. The number of aryl methyl sites for hydroxylation is 1. The molecule has 2 amide bonds. The normalized spacial score (nSPS) is 23.2. The molecule has 2 fully saturated rings. The maximum absolute atomic E-state index is 12.9. The van der Waals surface area contributed by atoms with E-state index in [1.165, 1.54) is 0 Å². The summed E-state index contributed by atoms with van der Waals surface area (Å²) in [4.78, 5) is 28.0. The first-order chi connectivity index (χ1) is 14.0. The Balaban J connectivity index is 1.60. The minimum Gasteiger partial charge on any atom is -0.497 e. The van der Waals surface area contributed by atoms with Gasteiger partial charge in [-0.05, 0) is 29.7 Å². The van der Waals surface area contributed by atoms with Crippen molar-refractivity contribution in [3.8, 4) is 5.75 Å². The summed E-state index contributed by atoms with van der Waals surface area (Å²) >= 11 is 0. The van der Waals surface area contributed by atoms with Crippen molar-refractivity contribution in [2.24, 2.45) is 11.8 Å². The van der Waals surface area contributed by atoms with Crippen LogP contribution in [-0.4, -0.2) is 66.6 Å². The molecule has 3 heterocycles. The number of carbonyl (C=O) groups excluding carboxylic acids is 1. The number of anilines is 1. The van der Waals surface area contributed by atoms with Crippen LogP contribution in [0.3, 0.4) is 0 Å². The number of methoxy groups -OCH3 is 1. The molecule has 0 bridgehead atoms. The van der Waals surface area contributed by atoms with Crippen LogP contribution in [0, 0.1) is 11.8 Å². The van der Waals surface area contributed by atoms with Gasteiger partial charge in [0.2, 0.25) is 5.95 Å². The van der Waals surface area contributed by atoms with E-state index in [1.807, 2.05) is 43.5 Å². The van der Waals surface area contributed by atoms with E-state index in [9.17, 15) is 4.79 Å². The first kappa shape index (κ1) is 19.5. The summed E-state index contributed by atoms with van der Waals surface area (Å²) in [6.45, 7) is 4.58. The van der Waals surface area contributed by atoms with E-state index in [4.69, 9.17) is 4.74 Å². The summed E-state index contributed by atoms with van der Waals surface area (Å²) in [6, 6.07) is 8.21. The van der Waals surface area contributed by atoms with Crippen LogP contribution in [0.4, 0.5) is 10.7 Å². The van der Waals surface area contributed by atoms with Crippen molar-refractivity contribution in [1.29, 1.82) is 0 Å². The van der Waals surface area contributed by atoms with Crippen LogP contribution in [0.15, 0.2) is 36.7 Å². The van der Waals surface area contributed by atoms with E-state index < -0.39 is 0 Å². The number of carbonyl (C=O) groups is 1. The third-order valence-electron chi connectivity index (χ3n) is 6.13. The Bertz CT molecular complexity index is 853. The molecule has 3 atom stereocenters. The Morgan fingerprint density at radius 1 is 1.14 bits per heavy atom. The van der Waals surface area contributed by atoms with E-state index in [0.29, 0.717) is 11.8 Å². The topological polar surface area (TPSA) is 61.8 Å². The van der Waals surface area contributed by atoms with E-state index in [2.05, 4.69) is 33.9 Å². The summed E-state index contributed by atoms with van der Waals surface area (Å²) in [5.74, 6) is 2.36. The van der Waals surface area contributed by atoms with Crippen LogP contribution in [0.2, 0.25) is 0 Å². The lowest BCUT2D eigenvalue weighted by Crippen LogP contribution is -2.41. The molecule has 154 valence electrons. The fourth-order valence-electron chi connectivity index (χ4n) is 4.58. The largest absolute Gasteiger partial charge is 0.497 e. The first-order valence-corrected chi connectivity index (χ1v) is 10.2. The molecule has 0 radical (unpaired) electrons. The fraction of sp³-hybridized carbons (Fsp3) is 0.500. The molecule has 0 unspecified atom stereocenters. The molecule has 2 aromatic rings. The van der Waals surface area contributed by atoms with Gasteiger partial charge in [-0.15, -0.1) is 0 Å². The van der Waals surface area contributed by atoms with Crippen molar-refractivity contribution in [1.82, 2.24) is 19.8 Å². The lowest BCUT2D eigenvalue weighted by molar-refractivity contribution is 0.159. The molecule has 0 saturated carbocycles. The average Bonchev–Trinajstić information content (AvgIpc) is 3.31. The lowest BCUT2D eigenvalue weighted by atomic mass is 9.89. The number of likely N-dealkylation sites (tertiary alicyclic amines) is 1. The number of benzene rings is 1. The van der Waals surface area contributed by atoms with Gasteiger partial charge in [0.05, 0.1) is 13.2 Å². The van der Waals surface area contributed by atoms with Gasteiger partial charge in [0, 0.05) is 58.0 Å². The minimum absolute atomic E-state index is 0.0423. The quantitative estimate of drug-likeness (QED) is 0.797. The molecular weight excluding hydrogens is 366 g/mol. The molecule has 2 aliphatic rings. The summed E-state index contributed by atoms with van der Waals surface area (Å²) in [5, 5.41) is 0. The molecule has 0 aliphatic carbocycles. The van der Waals surface area contributed by atoms with Gasteiger partial charge in [-0.1, -0.05) is 19.1 Å². The zero-order valence-electron chi connectivity index (χ0n) is 17.6. The summed E-state index contributed by atoms with van der Waals surface area (Å²) in [6.07, 6.45) is 4.77. The predicted octanol–water partition coefficient (Wildman–Crippen LogP) is 2.84. The molecular formula is C22H29N5O2. The van der Waals surface area contributed by atoms with Crippen molar-refractivity contribution in [3.05, 3.63) is 47.8 Å². The van der Waals surface area contributed by atoms with Crippen molar-refractivity contribution >= 4 is 12.0 Å². The van der Waals surface area contributed by atoms with Gasteiger partial charge in [-0.3, -0.25) is 0 Å². The number of hydrogen-bond acceptors (Lipinski definition) is 5. The number of nitrogens with zero attached hydrogens (tertiary/aromatic N) is 5. The van der Waals surface area contributed by atoms with Crippen LogP contribution in [-0.2, 0) is 6.42 Å². The number of amides is 2. The molecule has 0 N–H and O–H groups in total. The standard InChI is InChI=1S/C22H29N5O2/c1-5-15-10-23-21(24-11-15)26-12-17-13-27(22(28)25(2)3)20(19(17)14-26)16-6-8-18(29-4)9-7-16/h6-11,17,19-20H,5,12-14H2,1-4H3/t17-,19-,20+/m1/s1. The van der Waals surface area contributed by atoms with Gasteiger partial charge >= 0.3 is 6.03 Å². The van der Waals surface area contributed by atoms with Crippen LogP contribution >= 0.6 is 0 Å². The molecule has 2 aliphatic heterocycles. The van der Waals surface area contributed by atoms with Gasteiger partial charge in [0.1, 0.15) is 5.75 Å². The Labute approximate surface area is 172 Å². The SMILES string of the molecule is CCc1cnc(N2C[C@@H]3CN(C(=O)N(C)C)[C@@H](c4ccc(OC)cc4)[C@@H]3C2)nc1. The Kier molecular flexibility index (Phi) is 5.30. The Hall–Kier alpha value is -2.83. The van der Waals surface area contributed by atoms with E-state index in [0.717, 1.165) is 48.9 Å². The van der Waals surface area contributed by atoms with E-state index >= 15 is 0 Å². The van der Waals surface area contributed by atoms with E-state index in [-0.39, 0.29) is 12.1 Å². The fourth-order valence-corrected chi connectivity index (χ4v) is 4.58. The number of aromatic nitrogens is 2. The first-order valence-electron chi connectivity index (χ1n) is 10.2. The van der Waals surface area contributed by atoms with Crippen molar-refractivity contribution in [3.63, 3.8) is 0 Å². The average molecular weight is 396 g/mol. The monoisotopic (exact) mass is 395 g/mol. The van der Waals surface area contributed by atoms with Gasteiger partial charge in [-0.2, -0.15) is 0 Å². The third kappa shape index (κ3) is 3.61. The summed E-state index contributed by atoms with van der Waals surface area (Å²) in [5.41, 5.74) is 2.30. The van der Waals surface area contributed by atoms with Gasteiger partial charge in [0.25, 0.3) is 0 Å². The Morgan fingerprint density at radius 3 is 2.41 bits per heavy atom. The maximum Gasteiger partial charge on any atom is 0.320 e. The number of urea groups is 1. The van der Waals surface area contributed by atoms with Crippen LogP contribution in [0.25, 0.3) is 0 Å². The second kappa shape index (κ2) is 7.89. The van der Waals surface area contributed by atoms with Gasteiger partial charge in [-0.25, -0.2) is 14.8 Å². The van der Waals surface area contributed by atoms with Gasteiger partial charge in [0.15, 0.2) is 0 Å². The molecule has 1 aromatic carbocycles. The van der Waals surface area contributed by atoms with Crippen LogP contribution in [0.1, 0.15) is 24.1 Å². The number of fused-ring (bicyclic) bond motifs is 1. The molecule has 29 heavy (non-hydrogen) atoms. The molecule has 7 nitrogen and oxygen atoms in total. The van der Waals surface area contributed by atoms with Crippen LogP contribution < -0.4 is 9.64 Å². The van der Waals surface area contributed by atoms with Crippen molar-refractivity contribution in [2.45, 2.75) is 19.4 Å². The number of ether oxygens (including phenoxy) is 1. The van der Waals surface area contributed by atoms with Crippen LogP contribution in [0.5, 0.6) is 5.75 Å². The van der Waals surface area contributed by atoms with Crippen molar-refractivity contribution in [2.75, 3.05) is 45.7 Å². The van der Waals surface area contributed by atoms with E-state index in [1.54, 1.807) is 12.0 Å². The highest BCUT2D eigenvalue weighted by molar-refractivity contribution is 5.75. The second-order valence-corrected chi connectivity index (χ2v) is 8.12. The highest BCUT2D eigenvalue weighted by atomic mass is 16.5. The molecule has 2 saturated heterocycles. The summed E-state index contributed by atoms with van der Waals surface area (Å²) < 4.78 is 5.31. The zero-order chi connectivity index (χ0) is 20.5. The number of hydrogen-bond donors (Lipinski definition) is 0. The number of rotatable bonds is 4. The highest BCUT2D eigenvalue weighted by Gasteiger charge is 2.50. The van der Waals surface area contributed by atoms with Crippen molar-refractivity contribution < 1.29 is 9.53 Å². The maximum atomic E-state index is 12.9. The molecule has 4 rings (SSSR count). The highest BCUT2D eigenvalue weighted by Crippen LogP contribution is 2.46. The smallest absolute Gasteiger partial charge is 0.320 e. The molecule has 0 spiro atoms. The molecule has 7 heteroatoms. The predicted molar refractivity (Wildman–Crippen MR) is 112 cm³/mol. The summed E-state index contributed by atoms with van der Waals surface area (Å²) in [7, 11) is 5.30. The third-order valence-corrected chi connectivity index (χ3v) is 6.13. The zero-order valence-corrected chi connectivity index (χ0v) is 17.6. The second-order valence-electron chi connectivity index (χ2n) is 8.12. The molecule has 1 aromatic heterocycles.